The fraction of sp³-hybridized carbons (Fsp3) is 0.333. The Bertz CT molecular complexity index is 1410. The monoisotopic (exact) mass is 497 g/mol. The number of hydrogen-bond donors (Lipinski definition) is 1. The Balaban J connectivity index is 1.50. The predicted octanol–water partition coefficient (Wildman–Crippen LogP) is 1.83. The van der Waals surface area contributed by atoms with Crippen LogP contribution in [0.2, 0.25) is 0 Å². The maximum atomic E-state index is 13.1. The highest BCUT2D eigenvalue weighted by atomic mass is 32.2. The molecule has 3 heterocycles. The maximum Gasteiger partial charge on any atom is 0.281 e. The number of rotatable bonds is 6. The lowest BCUT2D eigenvalue weighted by atomic mass is 10.1. The zero-order valence-corrected chi connectivity index (χ0v) is 20.4. The number of nitrogens with zero attached hydrogens (tertiary/aromatic N) is 4. The van der Waals surface area contributed by atoms with E-state index in [9.17, 15) is 22.8 Å². The number of hydrogen-bond acceptors (Lipinski definition) is 6. The second-order valence-corrected chi connectivity index (χ2v) is 10.7. The van der Waals surface area contributed by atoms with E-state index < -0.39 is 15.6 Å². The molecule has 1 aromatic carbocycles. The highest BCUT2D eigenvalue weighted by Crippen LogP contribution is 2.18. The van der Waals surface area contributed by atoms with Gasteiger partial charge in [-0.3, -0.25) is 18.8 Å². The molecule has 1 N–H and O–H groups in total. The zero-order valence-electron chi connectivity index (χ0n) is 19.5. The SMILES string of the molecule is CC(C)CC(=O)Nc1cnc2ccc(C(=O)N3CCN(S(=O)(=O)c4ccccc4)CC3)cn2c1=O. The van der Waals surface area contributed by atoms with Crippen LogP contribution in [0.15, 0.2) is 64.5 Å². The fourth-order valence-electron chi connectivity index (χ4n) is 3.92. The summed E-state index contributed by atoms with van der Waals surface area (Å²) in [6, 6.07) is 11.3. The Morgan fingerprint density at radius 3 is 2.37 bits per heavy atom. The molecule has 35 heavy (non-hydrogen) atoms. The number of piperazine rings is 1. The van der Waals surface area contributed by atoms with Crippen LogP contribution in [-0.2, 0) is 14.8 Å². The number of aromatic nitrogens is 2. The first kappa shape index (κ1) is 24.6. The van der Waals surface area contributed by atoms with E-state index in [1.54, 1.807) is 47.4 Å². The molecule has 1 fully saturated rings. The molecule has 3 aromatic rings. The number of carbonyl (C=O) groups is 2. The first-order valence-corrected chi connectivity index (χ1v) is 12.8. The molecule has 2 amide bonds. The van der Waals surface area contributed by atoms with Gasteiger partial charge in [-0.15, -0.1) is 0 Å². The summed E-state index contributed by atoms with van der Waals surface area (Å²) < 4.78 is 28.3. The van der Waals surface area contributed by atoms with Gasteiger partial charge in [0.2, 0.25) is 15.9 Å². The summed E-state index contributed by atoms with van der Waals surface area (Å²) in [7, 11) is -3.63. The molecule has 0 radical (unpaired) electrons. The van der Waals surface area contributed by atoms with Crippen LogP contribution in [0, 0.1) is 5.92 Å². The van der Waals surface area contributed by atoms with Crippen molar-refractivity contribution in [3.05, 3.63) is 70.8 Å². The van der Waals surface area contributed by atoms with Gasteiger partial charge in [0.25, 0.3) is 11.5 Å². The van der Waals surface area contributed by atoms with Gasteiger partial charge in [-0.1, -0.05) is 32.0 Å². The van der Waals surface area contributed by atoms with Crippen molar-refractivity contribution in [3.8, 4) is 0 Å². The first-order chi connectivity index (χ1) is 16.7. The van der Waals surface area contributed by atoms with Gasteiger partial charge in [-0.05, 0) is 30.2 Å². The Labute approximate surface area is 203 Å². The molecule has 0 aliphatic carbocycles. The summed E-state index contributed by atoms with van der Waals surface area (Å²) in [5.74, 6) is -0.460. The van der Waals surface area contributed by atoms with Crippen LogP contribution in [0.1, 0.15) is 30.6 Å². The molecule has 11 heteroatoms. The fourth-order valence-corrected chi connectivity index (χ4v) is 5.36. The zero-order chi connectivity index (χ0) is 25.2. The highest BCUT2D eigenvalue weighted by Gasteiger charge is 2.30. The average molecular weight is 498 g/mol. The van der Waals surface area contributed by atoms with Crippen molar-refractivity contribution < 1.29 is 18.0 Å². The number of benzene rings is 1. The Kier molecular flexibility index (Phi) is 6.99. The topological polar surface area (TPSA) is 121 Å². The van der Waals surface area contributed by atoms with E-state index in [1.807, 2.05) is 13.8 Å². The van der Waals surface area contributed by atoms with E-state index in [0.717, 1.165) is 0 Å². The third kappa shape index (κ3) is 5.25. The Morgan fingerprint density at radius 1 is 1.03 bits per heavy atom. The number of pyridine rings is 1. The van der Waals surface area contributed by atoms with E-state index in [1.165, 1.54) is 21.1 Å². The van der Waals surface area contributed by atoms with Gasteiger partial charge in [0.1, 0.15) is 11.3 Å². The number of nitrogens with one attached hydrogen (secondary N) is 1. The van der Waals surface area contributed by atoms with Gasteiger partial charge in [-0.2, -0.15) is 4.31 Å². The smallest absolute Gasteiger partial charge is 0.281 e. The van der Waals surface area contributed by atoms with Crippen molar-refractivity contribution >= 4 is 33.2 Å². The van der Waals surface area contributed by atoms with E-state index in [4.69, 9.17) is 0 Å². The number of amides is 2. The maximum absolute atomic E-state index is 13.1. The lowest BCUT2D eigenvalue weighted by molar-refractivity contribution is -0.116. The lowest BCUT2D eigenvalue weighted by Gasteiger charge is -2.34. The predicted molar refractivity (Wildman–Crippen MR) is 131 cm³/mol. The van der Waals surface area contributed by atoms with Crippen LogP contribution in [0.4, 0.5) is 5.69 Å². The number of sulfonamides is 1. The third-order valence-electron chi connectivity index (χ3n) is 5.72. The van der Waals surface area contributed by atoms with Gasteiger partial charge in [0.15, 0.2) is 0 Å². The molecule has 1 saturated heterocycles. The molecule has 0 atom stereocenters. The van der Waals surface area contributed by atoms with E-state index in [0.29, 0.717) is 5.65 Å². The van der Waals surface area contributed by atoms with E-state index in [-0.39, 0.29) is 66.5 Å². The largest absolute Gasteiger partial charge is 0.336 e. The number of fused-ring (bicyclic) bond motifs is 1. The molecular weight excluding hydrogens is 470 g/mol. The molecule has 0 saturated carbocycles. The van der Waals surface area contributed by atoms with E-state index >= 15 is 0 Å². The number of anilines is 1. The van der Waals surface area contributed by atoms with Crippen LogP contribution in [0.5, 0.6) is 0 Å². The summed E-state index contributed by atoms with van der Waals surface area (Å²) in [5.41, 5.74) is 0.164. The summed E-state index contributed by atoms with van der Waals surface area (Å²) >= 11 is 0. The molecule has 184 valence electrons. The molecule has 2 aromatic heterocycles. The molecular formula is C24H27N5O5S. The van der Waals surface area contributed by atoms with Crippen LogP contribution < -0.4 is 10.9 Å². The van der Waals surface area contributed by atoms with Crippen LogP contribution in [0.3, 0.4) is 0 Å². The molecule has 1 aliphatic heterocycles. The standard InChI is InChI=1S/C24H27N5O5S/c1-17(2)14-22(30)26-20-15-25-21-9-8-18(16-29(21)24(20)32)23(31)27-10-12-28(13-11-27)35(33,34)19-6-4-3-5-7-19/h3-9,15-17H,10-14H2,1-2H3,(H,26,30). The van der Waals surface area contributed by atoms with Gasteiger partial charge in [0, 0.05) is 38.8 Å². The molecule has 1 aliphatic rings. The van der Waals surface area contributed by atoms with Crippen molar-refractivity contribution in [2.75, 3.05) is 31.5 Å². The summed E-state index contributed by atoms with van der Waals surface area (Å²) in [6.45, 7) is 4.59. The lowest BCUT2D eigenvalue weighted by Crippen LogP contribution is -2.50. The van der Waals surface area contributed by atoms with Crippen molar-refractivity contribution in [1.82, 2.24) is 18.6 Å². The molecule has 0 unspecified atom stereocenters. The van der Waals surface area contributed by atoms with Gasteiger partial charge < -0.3 is 10.2 Å². The minimum Gasteiger partial charge on any atom is -0.336 e. The quantitative estimate of drug-likeness (QED) is 0.555. The van der Waals surface area contributed by atoms with Gasteiger partial charge in [0.05, 0.1) is 16.7 Å². The Morgan fingerprint density at radius 2 is 1.71 bits per heavy atom. The molecule has 0 spiro atoms. The van der Waals surface area contributed by atoms with Crippen LogP contribution in [-0.4, -0.2) is 65.0 Å². The highest BCUT2D eigenvalue weighted by molar-refractivity contribution is 7.89. The second-order valence-electron chi connectivity index (χ2n) is 8.78. The minimum absolute atomic E-state index is 0.0393. The average Bonchev–Trinajstić information content (AvgIpc) is 2.85. The van der Waals surface area contributed by atoms with Crippen molar-refractivity contribution in [2.45, 2.75) is 25.2 Å². The van der Waals surface area contributed by atoms with E-state index in [2.05, 4.69) is 10.3 Å². The molecule has 10 nitrogen and oxygen atoms in total. The Hall–Kier alpha value is -3.57. The van der Waals surface area contributed by atoms with Crippen molar-refractivity contribution in [3.63, 3.8) is 0 Å². The summed E-state index contributed by atoms with van der Waals surface area (Å²) in [6.07, 6.45) is 2.98. The van der Waals surface area contributed by atoms with Crippen LogP contribution in [0.25, 0.3) is 5.65 Å². The van der Waals surface area contributed by atoms with Crippen LogP contribution >= 0.6 is 0 Å². The molecule has 4 rings (SSSR count). The van der Waals surface area contributed by atoms with Gasteiger partial charge in [-0.25, -0.2) is 13.4 Å². The van der Waals surface area contributed by atoms with Gasteiger partial charge >= 0.3 is 0 Å². The summed E-state index contributed by atoms with van der Waals surface area (Å²) in [5, 5.41) is 2.59. The first-order valence-electron chi connectivity index (χ1n) is 11.3. The summed E-state index contributed by atoms with van der Waals surface area (Å²) in [4.78, 5) is 44.1. The number of carbonyl (C=O) groups excluding carboxylic acids is 2. The van der Waals surface area contributed by atoms with Crippen molar-refractivity contribution in [1.29, 1.82) is 0 Å². The normalized spacial score (nSPS) is 14.9. The second kappa shape index (κ2) is 9.96. The molecule has 0 bridgehead atoms. The third-order valence-corrected chi connectivity index (χ3v) is 7.64. The van der Waals surface area contributed by atoms with Crippen molar-refractivity contribution in [2.24, 2.45) is 5.92 Å². The minimum atomic E-state index is -3.63.